The summed E-state index contributed by atoms with van der Waals surface area (Å²) in [6.07, 6.45) is 15.2. The van der Waals surface area contributed by atoms with Crippen molar-refractivity contribution in [2.45, 2.75) is 78.1 Å². The third-order valence-corrected chi connectivity index (χ3v) is 5.54. The Labute approximate surface area is 102 Å². The van der Waals surface area contributed by atoms with Gasteiger partial charge in [0.1, 0.15) is 0 Å². The number of hydrogen-bond donors (Lipinski definition) is 0. The maximum absolute atomic E-state index is 2.39. The van der Waals surface area contributed by atoms with Gasteiger partial charge >= 0.3 is 0 Å². The summed E-state index contributed by atoms with van der Waals surface area (Å²) in [5, 5.41) is 0. The van der Waals surface area contributed by atoms with Crippen LogP contribution in [0.25, 0.3) is 0 Å². The van der Waals surface area contributed by atoms with Crippen molar-refractivity contribution in [1.29, 1.82) is 0 Å². The first-order valence-electron chi connectivity index (χ1n) is 7.83. The van der Waals surface area contributed by atoms with Gasteiger partial charge in [0, 0.05) is 0 Å². The second-order valence-electron chi connectivity index (χ2n) is 6.39. The van der Waals surface area contributed by atoms with Gasteiger partial charge in [-0.05, 0) is 42.9 Å². The first kappa shape index (κ1) is 12.5. The van der Waals surface area contributed by atoms with Crippen LogP contribution in [0.15, 0.2) is 0 Å². The van der Waals surface area contributed by atoms with Gasteiger partial charge in [-0.1, -0.05) is 58.8 Å². The number of rotatable bonds is 3. The van der Waals surface area contributed by atoms with E-state index in [0.29, 0.717) is 0 Å². The average Bonchev–Trinajstić information content (AvgIpc) is 2.39. The SMILES string of the molecule is CCC1CCC([C@@H]2CCC[C@@H](CC)C2)CC1. The molecule has 2 saturated carbocycles. The molecule has 0 aromatic heterocycles. The van der Waals surface area contributed by atoms with Gasteiger partial charge in [-0.2, -0.15) is 0 Å². The molecule has 0 heterocycles. The van der Waals surface area contributed by atoms with Crippen molar-refractivity contribution in [2.24, 2.45) is 23.7 Å². The van der Waals surface area contributed by atoms with E-state index in [1.807, 2.05) is 0 Å². The molecule has 0 aromatic carbocycles. The highest BCUT2D eigenvalue weighted by Crippen LogP contribution is 2.42. The van der Waals surface area contributed by atoms with Crippen LogP contribution in [-0.4, -0.2) is 0 Å². The van der Waals surface area contributed by atoms with Gasteiger partial charge in [0.25, 0.3) is 0 Å². The molecule has 2 fully saturated rings. The fourth-order valence-corrected chi connectivity index (χ4v) is 4.20. The normalized spacial score (nSPS) is 40.9. The Kier molecular flexibility index (Phi) is 4.73. The molecular weight excluding hydrogens is 192 g/mol. The Morgan fingerprint density at radius 1 is 0.688 bits per heavy atom. The zero-order valence-electron chi connectivity index (χ0n) is 11.4. The quantitative estimate of drug-likeness (QED) is 0.598. The smallest absolute Gasteiger partial charge is 0.0383 e. The van der Waals surface area contributed by atoms with E-state index in [1.54, 1.807) is 25.7 Å². The molecule has 0 aliphatic heterocycles. The predicted octanol–water partition coefficient (Wildman–Crippen LogP) is 5.42. The summed E-state index contributed by atoms with van der Waals surface area (Å²) >= 11 is 0. The monoisotopic (exact) mass is 222 g/mol. The van der Waals surface area contributed by atoms with Crippen LogP contribution in [-0.2, 0) is 0 Å². The largest absolute Gasteiger partial charge is 0.0651 e. The van der Waals surface area contributed by atoms with Gasteiger partial charge in [-0.15, -0.1) is 0 Å². The molecule has 2 aliphatic rings. The fourth-order valence-electron chi connectivity index (χ4n) is 4.20. The zero-order valence-corrected chi connectivity index (χ0v) is 11.4. The fraction of sp³-hybridized carbons (Fsp3) is 1.00. The van der Waals surface area contributed by atoms with Crippen LogP contribution in [0.5, 0.6) is 0 Å². The lowest BCUT2D eigenvalue weighted by molar-refractivity contribution is 0.137. The lowest BCUT2D eigenvalue weighted by Crippen LogP contribution is -2.26. The highest BCUT2D eigenvalue weighted by molar-refractivity contribution is 4.81. The predicted molar refractivity (Wildman–Crippen MR) is 71.5 cm³/mol. The van der Waals surface area contributed by atoms with Crippen molar-refractivity contribution in [2.75, 3.05) is 0 Å². The summed E-state index contributed by atoms with van der Waals surface area (Å²) in [6.45, 7) is 4.76. The van der Waals surface area contributed by atoms with Crippen molar-refractivity contribution in [1.82, 2.24) is 0 Å². The van der Waals surface area contributed by atoms with E-state index in [9.17, 15) is 0 Å². The van der Waals surface area contributed by atoms with E-state index >= 15 is 0 Å². The zero-order chi connectivity index (χ0) is 11.4. The molecule has 2 aliphatic carbocycles. The third-order valence-electron chi connectivity index (χ3n) is 5.54. The van der Waals surface area contributed by atoms with Crippen molar-refractivity contribution in [3.05, 3.63) is 0 Å². The molecule has 0 aromatic rings. The highest BCUT2D eigenvalue weighted by atomic mass is 14.4. The van der Waals surface area contributed by atoms with E-state index in [1.165, 1.54) is 38.5 Å². The van der Waals surface area contributed by atoms with Gasteiger partial charge < -0.3 is 0 Å². The lowest BCUT2D eigenvalue weighted by atomic mass is 9.68. The molecule has 0 nitrogen and oxygen atoms in total. The Hall–Kier alpha value is 0. The van der Waals surface area contributed by atoms with Crippen LogP contribution in [0.3, 0.4) is 0 Å². The molecular formula is C16H30. The second kappa shape index (κ2) is 6.07. The van der Waals surface area contributed by atoms with Gasteiger partial charge in [-0.25, -0.2) is 0 Å². The van der Waals surface area contributed by atoms with Crippen molar-refractivity contribution >= 4 is 0 Å². The first-order valence-corrected chi connectivity index (χ1v) is 7.83. The molecule has 0 heteroatoms. The van der Waals surface area contributed by atoms with Gasteiger partial charge in [0.05, 0.1) is 0 Å². The van der Waals surface area contributed by atoms with Crippen LogP contribution in [0.1, 0.15) is 78.1 Å². The topological polar surface area (TPSA) is 0 Å². The van der Waals surface area contributed by atoms with Crippen LogP contribution < -0.4 is 0 Å². The summed E-state index contributed by atoms with van der Waals surface area (Å²) in [7, 11) is 0. The molecule has 0 saturated heterocycles. The minimum atomic E-state index is 1.07. The Bertz CT molecular complexity index is 188. The second-order valence-corrected chi connectivity index (χ2v) is 6.39. The van der Waals surface area contributed by atoms with E-state index < -0.39 is 0 Å². The summed E-state index contributed by atoms with van der Waals surface area (Å²) in [5.41, 5.74) is 0. The molecule has 2 atom stereocenters. The van der Waals surface area contributed by atoms with Gasteiger partial charge in [-0.3, -0.25) is 0 Å². The molecule has 0 unspecified atom stereocenters. The van der Waals surface area contributed by atoms with Crippen LogP contribution >= 0.6 is 0 Å². The Morgan fingerprint density at radius 3 is 2.00 bits per heavy atom. The minimum absolute atomic E-state index is 1.07. The van der Waals surface area contributed by atoms with Crippen molar-refractivity contribution < 1.29 is 0 Å². The summed E-state index contributed by atoms with van der Waals surface area (Å²) in [6, 6.07) is 0. The highest BCUT2D eigenvalue weighted by Gasteiger charge is 2.30. The molecule has 0 spiro atoms. The van der Waals surface area contributed by atoms with E-state index in [2.05, 4.69) is 13.8 Å². The maximum atomic E-state index is 2.39. The first-order chi connectivity index (χ1) is 7.83. The van der Waals surface area contributed by atoms with E-state index in [-0.39, 0.29) is 0 Å². The Balaban J connectivity index is 1.79. The summed E-state index contributed by atoms with van der Waals surface area (Å²) < 4.78 is 0. The molecule has 2 rings (SSSR count). The molecule has 0 bridgehead atoms. The summed E-state index contributed by atoms with van der Waals surface area (Å²) in [5.74, 6) is 4.36. The lowest BCUT2D eigenvalue weighted by Gasteiger charge is -2.38. The van der Waals surface area contributed by atoms with Crippen LogP contribution in [0, 0.1) is 23.7 Å². The van der Waals surface area contributed by atoms with E-state index in [0.717, 1.165) is 23.7 Å². The Morgan fingerprint density at radius 2 is 1.38 bits per heavy atom. The molecule has 16 heavy (non-hydrogen) atoms. The third kappa shape index (κ3) is 3.02. The molecule has 0 amide bonds. The van der Waals surface area contributed by atoms with Crippen molar-refractivity contribution in [3.63, 3.8) is 0 Å². The van der Waals surface area contributed by atoms with Crippen molar-refractivity contribution in [3.8, 4) is 0 Å². The van der Waals surface area contributed by atoms with Gasteiger partial charge in [0.2, 0.25) is 0 Å². The molecule has 0 N–H and O–H groups in total. The number of hydrogen-bond acceptors (Lipinski definition) is 0. The standard InChI is InChI=1S/C16H30/c1-3-13-8-10-15(11-9-13)16-7-5-6-14(4-2)12-16/h13-16H,3-12H2,1-2H3/t13?,14-,15?,16-/m1/s1. The van der Waals surface area contributed by atoms with Crippen LogP contribution in [0.2, 0.25) is 0 Å². The minimum Gasteiger partial charge on any atom is -0.0651 e. The van der Waals surface area contributed by atoms with Gasteiger partial charge in [0.15, 0.2) is 0 Å². The maximum Gasteiger partial charge on any atom is -0.0383 e. The van der Waals surface area contributed by atoms with Crippen LogP contribution in [0.4, 0.5) is 0 Å². The molecule has 94 valence electrons. The molecule has 0 radical (unpaired) electrons. The van der Waals surface area contributed by atoms with E-state index in [4.69, 9.17) is 0 Å². The average molecular weight is 222 g/mol. The summed E-state index contributed by atoms with van der Waals surface area (Å²) in [4.78, 5) is 0.